The molecule has 126 valence electrons. The number of rotatable bonds is 6. The van der Waals surface area contributed by atoms with Gasteiger partial charge in [-0.25, -0.2) is 0 Å². The summed E-state index contributed by atoms with van der Waals surface area (Å²) in [5, 5.41) is 7.92. The van der Waals surface area contributed by atoms with Crippen molar-refractivity contribution in [2.24, 2.45) is 5.10 Å². The fraction of sp³-hybridized carbons (Fsp3) is 0.263. The third-order valence-electron chi connectivity index (χ3n) is 3.53. The molecule has 0 aliphatic heterocycles. The van der Waals surface area contributed by atoms with Gasteiger partial charge in [0.1, 0.15) is 0 Å². The van der Waals surface area contributed by atoms with Crippen molar-refractivity contribution in [2.45, 2.75) is 19.9 Å². The van der Waals surface area contributed by atoms with Gasteiger partial charge in [0.2, 0.25) is 0 Å². The van der Waals surface area contributed by atoms with E-state index in [1.807, 2.05) is 32.0 Å². The van der Waals surface area contributed by atoms with Gasteiger partial charge in [-0.3, -0.25) is 5.43 Å². The lowest BCUT2D eigenvalue weighted by molar-refractivity contribution is 0.179. The van der Waals surface area contributed by atoms with Crippen LogP contribution in [-0.4, -0.2) is 30.6 Å². The summed E-state index contributed by atoms with van der Waals surface area (Å²) in [5.74, 6) is 0. The molecule has 2 aromatic carbocycles. The highest BCUT2D eigenvalue weighted by atomic mass is 32.1. The first-order valence-corrected chi connectivity index (χ1v) is 8.26. The van der Waals surface area contributed by atoms with E-state index in [4.69, 9.17) is 17.0 Å². The summed E-state index contributed by atoms with van der Waals surface area (Å²) in [6, 6.07) is 18.8. The standard InChI is InChI=1S/C19H23N3OS/c1-14(13-23-3)20-19(24)22-21-15(2)16-9-11-18(12-10-16)17-7-5-4-6-8-17/h4-12,14H,13H2,1-3H3,(H2,20,22,24)/b21-15-/t14-/m1/s1. The Balaban J connectivity index is 1.97. The largest absolute Gasteiger partial charge is 0.383 e. The normalized spacial score (nSPS) is 12.5. The van der Waals surface area contributed by atoms with Crippen LogP contribution in [0.25, 0.3) is 11.1 Å². The minimum atomic E-state index is 0.135. The number of nitrogens with zero attached hydrogens (tertiary/aromatic N) is 1. The van der Waals surface area contributed by atoms with E-state index in [2.05, 4.69) is 52.2 Å². The van der Waals surface area contributed by atoms with Gasteiger partial charge in [0.15, 0.2) is 5.11 Å². The molecule has 0 bridgehead atoms. The number of ether oxygens (including phenoxy) is 1. The molecule has 0 aromatic heterocycles. The van der Waals surface area contributed by atoms with Gasteiger partial charge in [0.05, 0.1) is 12.3 Å². The molecule has 0 unspecified atom stereocenters. The maximum absolute atomic E-state index is 5.21. The maximum Gasteiger partial charge on any atom is 0.187 e. The Hall–Kier alpha value is -2.24. The maximum atomic E-state index is 5.21. The summed E-state index contributed by atoms with van der Waals surface area (Å²) in [5.41, 5.74) is 7.18. The molecule has 4 nitrogen and oxygen atoms in total. The first-order chi connectivity index (χ1) is 11.6. The second-order valence-electron chi connectivity index (χ2n) is 5.58. The Bertz CT molecular complexity index is 684. The Morgan fingerprint density at radius 3 is 2.33 bits per heavy atom. The number of methoxy groups -OCH3 is 1. The Morgan fingerprint density at radius 1 is 1.08 bits per heavy atom. The number of nitrogens with one attached hydrogen (secondary N) is 2. The van der Waals surface area contributed by atoms with Gasteiger partial charge in [0.25, 0.3) is 0 Å². The van der Waals surface area contributed by atoms with E-state index in [1.165, 1.54) is 11.1 Å². The van der Waals surface area contributed by atoms with E-state index in [-0.39, 0.29) is 6.04 Å². The van der Waals surface area contributed by atoms with Gasteiger partial charge in [-0.1, -0.05) is 54.6 Å². The van der Waals surface area contributed by atoms with Crippen molar-refractivity contribution in [2.75, 3.05) is 13.7 Å². The van der Waals surface area contributed by atoms with Crippen molar-refractivity contribution >= 4 is 23.0 Å². The van der Waals surface area contributed by atoms with Crippen LogP contribution in [0.1, 0.15) is 19.4 Å². The van der Waals surface area contributed by atoms with Crippen LogP contribution in [0.2, 0.25) is 0 Å². The highest BCUT2D eigenvalue weighted by Crippen LogP contribution is 2.19. The highest BCUT2D eigenvalue weighted by molar-refractivity contribution is 7.80. The summed E-state index contributed by atoms with van der Waals surface area (Å²) in [4.78, 5) is 0. The van der Waals surface area contributed by atoms with Crippen molar-refractivity contribution in [3.05, 3.63) is 60.2 Å². The molecule has 24 heavy (non-hydrogen) atoms. The molecule has 0 amide bonds. The molecule has 0 fully saturated rings. The van der Waals surface area contributed by atoms with Gasteiger partial charge < -0.3 is 10.1 Å². The molecule has 0 aliphatic carbocycles. The molecule has 0 aliphatic rings. The van der Waals surface area contributed by atoms with Crippen LogP contribution in [0.15, 0.2) is 59.7 Å². The third kappa shape index (κ3) is 5.44. The molecule has 2 aromatic rings. The lowest BCUT2D eigenvalue weighted by atomic mass is 10.0. The number of hydrazone groups is 1. The van der Waals surface area contributed by atoms with E-state index in [9.17, 15) is 0 Å². The predicted octanol–water partition coefficient (Wildman–Crippen LogP) is 3.58. The molecule has 0 spiro atoms. The van der Waals surface area contributed by atoms with Crippen LogP contribution < -0.4 is 10.7 Å². The van der Waals surface area contributed by atoms with Crippen molar-refractivity contribution in [1.29, 1.82) is 0 Å². The molecular weight excluding hydrogens is 318 g/mol. The number of hydrogen-bond donors (Lipinski definition) is 2. The molecule has 5 heteroatoms. The average molecular weight is 341 g/mol. The van der Waals surface area contributed by atoms with Crippen LogP contribution >= 0.6 is 12.2 Å². The summed E-state index contributed by atoms with van der Waals surface area (Å²) in [7, 11) is 1.66. The SMILES string of the molecule is COC[C@@H](C)NC(=S)N/N=C(/C)c1ccc(-c2ccccc2)cc1. The van der Waals surface area contributed by atoms with Gasteiger partial charge >= 0.3 is 0 Å². The molecule has 0 heterocycles. The third-order valence-corrected chi connectivity index (χ3v) is 3.74. The van der Waals surface area contributed by atoms with Crippen molar-refractivity contribution in [3.63, 3.8) is 0 Å². The topological polar surface area (TPSA) is 45.6 Å². The van der Waals surface area contributed by atoms with E-state index in [0.29, 0.717) is 11.7 Å². The number of benzene rings is 2. The second kappa shape index (κ2) is 9.15. The second-order valence-corrected chi connectivity index (χ2v) is 5.99. The summed E-state index contributed by atoms with van der Waals surface area (Å²) >= 11 is 5.21. The Labute approximate surface area is 148 Å². The quantitative estimate of drug-likeness (QED) is 0.479. The smallest absolute Gasteiger partial charge is 0.187 e. The van der Waals surface area contributed by atoms with E-state index < -0.39 is 0 Å². The van der Waals surface area contributed by atoms with Crippen LogP contribution in [-0.2, 0) is 4.74 Å². The average Bonchev–Trinajstić information content (AvgIpc) is 2.61. The monoisotopic (exact) mass is 341 g/mol. The zero-order valence-electron chi connectivity index (χ0n) is 14.2. The molecule has 1 atom stereocenters. The summed E-state index contributed by atoms with van der Waals surface area (Å²) in [6.07, 6.45) is 0. The van der Waals surface area contributed by atoms with Gasteiger partial charge in [-0.05, 0) is 42.8 Å². The minimum absolute atomic E-state index is 0.135. The Morgan fingerprint density at radius 2 is 1.71 bits per heavy atom. The van der Waals surface area contributed by atoms with Crippen LogP contribution in [0, 0.1) is 0 Å². The van der Waals surface area contributed by atoms with Crippen LogP contribution in [0.4, 0.5) is 0 Å². The first-order valence-electron chi connectivity index (χ1n) is 7.85. The van der Waals surface area contributed by atoms with Crippen molar-refractivity contribution in [3.8, 4) is 11.1 Å². The molecule has 2 rings (SSSR count). The van der Waals surface area contributed by atoms with Crippen LogP contribution in [0.3, 0.4) is 0 Å². The van der Waals surface area contributed by atoms with E-state index in [1.54, 1.807) is 7.11 Å². The zero-order chi connectivity index (χ0) is 17.4. The van der Waals surface area contributed by atoms with Crippen molar-refractivity contribution < 1.29 is 4.74 Å². The van der Waals surface area contributed by atoms with Gasteiger partial charge in [-0.2, -0.15) is 5.10 Å². The fourth-order valence-corrected chi connectivity index (χ4v) is 2.53. The lowest BCUT2D eigenvalue weighted by Gasteiger charge is -2.14. The summed E-state index contributed by atoms with van der Waals surface area (Å²) in [6.45, 7) is 4.54. The summed E-state index contributed by atoms with van der Waals surface area (Å²) < 4.78 is 5.06. The van der Waals surface area contributed by atoms with Crippen LogP contribution in [0.5, 0.6) is 0 Å². The van der Waals surface area contributed by atoms with E-state index >= 15 is 0 Å². The molecule has 2 N–H and O–H groups in total. The lowest BCUT2D eigenvalue weighted by Crippen LogP contribution is -2.40. The minimum Gasteiger partial charge on any atom is -0.383 e. The zero-order valence-corrected chi connectivity index (χ0v) is 15.1. The number of hydrogen-bond acceptors (Lipinski definition) is 3. The molecule has 0 saturated heterocycles. The highest BCUT2D eigenvalue weighted by Gasteiger charge is 2.03. The van der Waals surface area contributed by atoms with Gasteiger partial charge in [0, 0.05) is 13.2 Å². The predicted molar refractivity (Wildman–Crippen MR) is 104 cm³/mol. The fourth-order valence-electron chi connectivity index (χ4n) is 2.28. The van der Waals surface area contributed by atoms with Crippen molar-refractivity contribution in [1.82, 2.24) is 10.7 Å². The van der Waals surface area contributed by atoms with E-state index in [0.717, 1.165) is 11.3 Å². The Kier molecular flexibility index (Phi) is 6.90. The number of thiocarbonyl (C=S) groups is 1. The first kappa shape index (κ1) is 18.1. The molecular formula is C19H23N3OS. The molecule has 0 saturated carbocycles. The molecule has 0 radical (unpaired) electrons. The van der Waals surface area contributed by atoms with Gasteiger partial charge in [-0.15, -0.1) is 0 Å².